The van der Waals surface area contributed by atoms with Gasteiger partial charge in [0.1, 0.15) is 5.82 Å². The average Bonchev–Trinajstić information content (AvgIpc) is 2.43. The van der Waals surface area contributed by atoms with Gasteiger partial charge in [-0.15, -0.1) is 0 Å². The Bertz CT molecular complexity index is 487. The zero-order chi connectivity index (χ0) is 14.7. The van der Waals surface area contributed by atoms with E-state index in [2.05, 4.69) is 21.2 Å². The van der Waals surface area contributed by atoms with Gasteiger partial charge in [-0.2, -0.15) is 0 Å². The number of hydrogen-bond acceptors (Lipinski definition) is 2. The molecule has 1 aromatic carbocycles. The van der Waals surface area contributed by atoms with E-state index in [1.165, 1.54) is 6.07 Å². The van der Waals surface area contributed by atoms with Crippen LogP contribution in [0.4, 0.5) is 14.9 Å². The van der Waals surface area contributed by atoms with Gasteiger partial charge >= 0.3 is 6.03 Å². The van der Waals surface area contributed by atoms with Gasteiger partial charge in [0.25, 0.3) is 0 Å². The summed E-state index contributed by atoms with van der Waals surface area (Å²) in [5.74, 6) is -0.268. The third-order valence-corrected chi connectivity index (χ3v) is 4.08. The highest BCUT2D eigenvalue weighted by Crippen LogP contribution is 2.22. The molecule has 4 nitrogen and oxygen atoms in total. The van der Waals surface area contributed by atoms with E-state index >= 15 is 0 Å². The fraction of sp³-hybridized carbons (Fsp3) is 0.500. The molecule has 20 heavy (non-hydrogen) atoms. The Hall–Kier alpha value is -1.30. The summed E-state index contributed by atoms with van der Waals surface area (Å²) in [5.41, 5.74) is 0.781. The number of rotatable bonds is 2. The molecule has 0 aliphatic carbocycles. The molecule has 2 amide bonds. The molecule has 110 valence electrons. The predicted molar refractivity (Wildman–Crippen MR) is 81.4 cm³/mol. The fourth-order valence-electron chi connectivity index (χ4n) is 2.32. The van der Waals surface area contributed by atoms with Gasteiger partial charge in [0.05, 0.1) is 4.47 Å². The van der Waals surface area contributed by atoms with Crippen molar-refractivity contribution in [2.24, 2.45) is 0 Å². The molecule has 1 aromatic rings. The van der Waals surface area contributed by atoms with Crippen LogP contribution < -0.4 is 5.32 Å². The highest BCUT2D eigenvalue weighted by atomic mass is 79.9. The first kappa shape index (κ1) is 15.1. The Labute approximate surface area is 127 Å². The summed E-state index contributed by atoms with van der Waals surface area (Å²) in [7, 11) is 3.52. The molecule has 0 atom stereocenters. The molecule has 1 aliphatic heterocycles. The Kier molecular flexibility index (Phi) is 4.86. The molecule has 2 rings (SSSR count). The van der Waals surface area contributed by atoms with Crippen LogP contribution in [0.15, 0.2) is 22.7 Å². The van der Waals surface area contributed by atoms with Gasteiger partial charge in [0.15, 0.2) is 0 Å². The minimum Gasteiger partial charge on any atom is -0.382 e. The first-order valence-electron chi connectivity index (χ1n) is 6.65. The number of anilines is 1. The molecule has 1 N–H and O–H groups in total. The second kappa shape index (κ2) is 6.43. The van der Waals surface area contributed by atoms with Crippen molar-refractivity contribution in [3.63, 3.8) is 0 Å². The van der Waals surface area contributed by atoms with E-state index in [-0.39, 0.29) is 17.9 Å². The van der Waals surface area contributed by atoms with Crippen LogP contribution in [-0.2, 0) is 0 Å². The maximum atomic E-state index is 13.4. The molecule has 0 spiro atoms. The summed E-state index contributed by atoms with van der Waals surface area (Å²) in [6, 6.07) is 5.37. The standard InChI is InChI=1S/C14H19BrFN3O/c1-18(2)14(20)19-7-5-10(6-8-19)17-11-3-4-12(15)13(16)9-11/h3-4,9-10,17H,5-8H2,1-2H3. The molecule has 1 saturated heterocycles. The molecule has 1 heterocycles. The Balaban J connectivity index is 1.88. The zero-order valence-electron chi connectivity index (χ0n) is 11.7. The summed E-state index contributed by atoms with van der Waals surface area (Å²) in [6.07, 6.45) is 1.74. The predicted octanol–water partition coefficient (Wildman–Crippen LogP) is 3.15. The zero-order valence-corrected chi connectivity index (χ0v) is 13.3. The van der Waals surface area contributed by atoms with Gasteiger partial charge in [-0.05, 0) is 47.0 Å². The number of carbonyl (C=O) groups is 1. The number of nitrogens with one attached hydrogen (secondary N) is 1. The van der Waals surface area contributed by atoms with Crippen LogP contribution >= 0.6 is 15.9 Å². The van der Waals surface area contributed by atoms with Crippen molar-refractivity contribution >= 4 is 27.6 Å². The normalized spacial score (nSPS) is 16.1. The lowest BCUT2D eigenvalue weighted by molar-refractivity contribution is 0.158. The molecule has 0 aromatic heterocycles. The van der Waals surface area contributed by atoms with E-state index < -0.39 is 0 Å². The fourth-order valence-corrected chi connectivity index (χ4v) is 2.57. The molecular weight excluding hydrogens is 325 g/mol. The first-order valence-corrected chi connectivity index (χ1v) is 7.44. The van der Waals surface area contributed by atoms with E-state index in [0.717, 1.165) is 31.6 Å². The van der Waals surface area contributed by atoms with Crippen molar-refractivity contribution in [3.8, 4) is 0 Å². The minimum absolute atomic E-state index is 0.0538. The quantitative estimate of drug-likeness (QED) is 0.895. The number of halogens is 2. The topological polar surface area (TPSA) is 35.6 Å². The van der Waals surface area contributed by atoms with Crippen molar-refractivity contribution in [2.45, 2.75) is 18.9 Å². The third-order valence-electron chi connectivity index (χ3n) is 3.44. The van der Waals surface area contributed by atoms with Crippen LogP contribution in [0, 0.1) is 5.82 Å². The van der Waals surface area contributed by atoms with Gasteiger partial charge in [0, 0.05) is 38.9 Å². The molecule has 6 heteroatoms. The summed E-state index contributed by atoms with van der Waals surface area (Å²) >= 11 is 3.14. The highest BCUT2D eigenvalue weighted by molar-refractivity contribution is 9.10. The van der Waals surface area contributed by atoms with E-state index in [9.17, 15) is 9.18 Å². The summed E-state index contributed by atoms with van der Waals surface area (Å²) in [4.78, 5) is 15.3. The number of benzene rings is 1. The smallest absolute Gasteiger partial charge is 0.319 e. The number of nitrogens with zero attached hydrogens (tertiary/aromatic N) is 2. The van der Waals surface area contributed by atoms with Gasteiger partial charge in [0.2, 0.25) is 0 Å². The van der Waals surface area contributed by atoms with E-state index in [4.69, 9.17) is 0 Å². The molecule has 0 unspecified atom stereocenters. The molecule has 0 saturated carbocycles. The number of likely N-dealkylation sites (tertiary alicyclic amines) is 1. The van der Waals surface area contributed by atoms with Gasteiger partial charge in [-0.1, -0.05) is 0 Å². The number of hydrogen-bond donors (Lipinski definition) is 1. The lowest BCUT2D eigenvalue weighted by atomic mass is 10.0. The number of carbonyl (C=O) groups excluding carboxylic acids is 1. The van der Waals surface area contributed by atoms with Crippen LogP contribution in [0.5, 0.6) is 0 Å². The Morgan fingerprint density at radius 1 is 1.40 bits per heavy atom. The lowest BCUT2D eigenvalue weighted by Gasteiger charge is -2.34. The van der Waals surface area contributed by atoms with Crippen LogP contribution in [0.3, 0.4) is 0 Å². The maximum Gasteiger partial charge on any atom is 0.319 e. The largest absolute Gasteiger partial charge is 0.382 e. The molecule has 0 radical (unpaired) electrons. The molecule has 1 aliphatic rings. The summed E-state index contributed by atoms with van der Waals surface area (Å²) < 4.78 is 13.9. The van der Waals surface area contributed by atoms with Gasteiger partial charge in [-0.25, -0.2) is 9.18 Å². The van der Waals surface area contributed by atoms with Crippen LogP contribution in [0.2, 0.25) is 0 Å². The highest BCUT2D eigenvalue weighted by Gasteiger charge is 2.23. The van der Waals surface area contributed by atoms with Crippen molar-refractivity contribution in [2.75, 3.05) is 32.5 Å². The third kappa shape index (κ3) is 3.62. The molecule has 1 fully saturated rings. The van der Waals surface area contributed by atoms with Crippen molar-refractivity contribution < 1.29 is 9.18 Å². The maximum absolute atomic E-state index is 13.4. The Morgan fingerprint density at radius 3 is 2.60 bits per heavy atom. The SMILES string of the molecule is CN(C)C(=O)N1CCC(Nc2ccc(Br)c(F)c2)CC1. The molecular formula is C14H19BrFN3O. The van der Waals surface area contributed by atoms with E-state index in [0.29, 0.717) is 4.47 Å². The van der Waals surface area contributed by atoms with E-state index in [1.54, 1.807) is 25.1 Å². The number of urea groups is 1. The number of piperidine rings is 1. The second-order valence-electron chi connectivity index (χ2n) is 5.21. The van der Waals surface area contributed by atoms with Gasteiger partial charge in [-0.3, -0.25) is 0 Å². The van der Waals surface area contributed by atoms with Crippen LogP contribution in [0.25, 0.3) is 0 Å². The number of amides is 2. The Morgan fingerprint density at radius 2 is 2.05 bits per heavy atom. The van der Waals surface area contributed by atoms with Crippen LogP contribution in [0.1, 0.15) is 12.8 Å². The van der Waals surface area contributed by atoms with E-state index in [1.807, 2.05) is 11.0 Å². The summed E-state index contributed by atoms with van der Waals surface area (Å²) in [6.45, 7) is 1.46. The first-order chi connectivity index (χ1) is 9.47. The monoisotopic (exact) mass is 343 g/mol. The average molecular weight is 344 g/mol. The van der Waals surface area contributed by atoms with Gasteiger partial charge < -0.3 is 15.1 Å². The molecule has 0 bridgehead atoms. The van der Waals surface area contributed by atoms with Crippen molar-refractivity contribution in [3.05, 3.63) is 28.5 Å². The minimum atomic E-state index is -0.268. The summed E-state index contributed by atoms with van der Waals surface area (Å²) in [5, 5.41) is 3.33. The second-order valence-corrected chi connectivity index (χ2v) is 6.07. The van der Waals surface area contributed by atoms with Crippen LogP contribution in [-0.4, -0.2) is 49.1 Å². The van der Waals surface area contributed by atoms with Crippen molar-refractivity contribution in [1.29, 1.82) is 0 Å². The lowest BCUT2D eigenvalue weighted by Crippen LogP contribution is -2.46. The van der Waals surface area contributed by atoms with Crippen molar-refractivity contribution in [1.82, 2.24) is 9.80 Å².